The van der Waals surface area contributed by atoms with E-state index < -0.39 is 11.5 Å². The number of rotatable bonds is 2. The van der Waals surface area contributed by atoms with Crippen molar-refractivity contribution in [2.45, 2.75) is 58.4 Å². The molecular weight excluding hydrogens is 202 g/mol. The quantitative estimate of drug-likeness (QED) is 0.713. The van der Waals surface area contributed by atoms with Gasteiger partial charge in [-0.25, -0.2) is 0 Å². The topological polar surface area (TPSA) is 49.3 Å². The lowest BCUT2D eigenvalue weighted by molar-refractivity contribution is -0.145. The second-order valence-electron chi connectivity index (χ2n) is 6.13. The highest BCUT2D eigenvalue weighted by atomic mass is 16.4. The smallest absolute Gasteiger partial charge is 0.323 e. The van der Waals surface area contributed by atoms with Gasteiger partial charge in [0.2, 0.25) is 0 Å². The molecule has 0 aromatic carbocycles. The van der Waals surface area contributed by atoms with Crippen molar-refractivity contribution in [3.8, 4) is 0 Å². The molecule has 0 aromatic heterocycles. The molecular formula is C13H25NO2. The number of hydrogen-bond acceptors (Lipinski definition) is 2. The molecule has 2 atom stereocenters. The molecule has 1 saturated carbocycles. The van der Waals surface area contributed by atoms with Gasteiger partial charge in [0, 0.05) is 0 Å². The molecule has 94 valence electrons. The predicted molar refractivity (Wildman–Crippen MR) is 65.5 cm³/mol. The standard InChI is InChI=1S/C13H25NO2/c1-12(2,3)10-6-5-8-13(14-4,9-7-10)11(15)16/h10,14H,5-9H2,1-4H3,(H,15,16). The van der Waals surface area contributed by atoms with Gasteiger partial charge in [-0.1, -0.05) is 27.2 Å². The van der Waals surface area contributed by atoms with E-state index in [2.05, 4.69) is 26.1 Å². The summed E-state index contributed by atoms with van der Waals surface area (Å²) in [6.07, 6.45) is 4.68. The van der Waals surface area contributed by atoms with Gasteiger partial charge < -0.3 is 10.4 Å². The molecule has 3 heteroatoms. The Hall–Kier alpha value is -0.570. The number of aliphatic carboxylic acids is 1. The van der Waals surface area contributed by atoms with E-state index in [4.69, 9.17) is 0 Å². The van der Waals surface area contributed by atoms with E-state index in [1.54, 1.807) is 7.05 Å². The average Bonchev–Trinajstić information content (AvgIpc) is 2.39. The number of carbonyl (C=O) groups is 1. The molecule has 1 rings (SSSR count). The van der Waals surface area contributed by atoms with Crippen LogP contribution in [0, 0.1) is 11.3 Å². The Morgan fingerprint density at radius 3 is 2.38 bits per heavy atom. The zero-order chi connectivity index (χ0) is 12.4. The molecule has 16 heavy (non-hydrogen) atoms. The largest absolute Gasteiger partial charge is 0.480 e. The van der Waals surface area contributed by atoms with Crippen LogP contribution in [0.5, 0.6) is 0 Å². The Kier molecular flexibility index (Phi) is 4.00. The van der Waals surface area contributed by atoms with Crippen molar-refractivity contribution in [2.75, 3.05) is 7.05 Å². The molecule has 0 radical (unpaired) electrons. The van der Waals surface area contributed by atoms with Crippen LogP contribution < -0.4 is 5.32 Å². The lowest BCUT2D eigenvalue weighted by Crippen LogP contribution is -2.50. The third-order valence-corrected chi connectivity index (χ3v) is 4.19. The molecule has 0 bridgehead atoms. The van der Waals surface area contributed by atoms with Crippen molar-refractivity contribution in [2.24, 2.45) is 11.3 Å². The van der Waals surface area contributed by atoms with Crippen molar-refractivity contribution < 1.29 is 9.90 Å². The molecule has 1 aliphatic rings. The molecule has 0 aromatic rings. The monoisotopic (exact) mass is 227 g/mol. The SMILES string of the molecule is CNC1(C(=O)O)CCCC(C(C)(C)C)CC1. The van der Waals surface area contributed by atoms with Gasteiger partial charge in [0.05, 0.1) is 0 Å². The highest BCUT2D eigenvalue weighted by Gasteiger charge is 2.40. The van der Waals surface area contributed by atoms with E-state index in [1.165, 1.54) is 0 Å². The first-order valence-corrected chi connectivity index (χ1v) is 6.24. The predicted octanol–water partition coefficient (Wildman–Crippen LogP) is 2.66. The highest BCUT2D eigenvalue weighted by Crippen LogP contribution is 2.39. The van der Waals surface area contributed by atoms with Crippen LogP contribution in [0.25, 0.3) is 0 Å². The third-order valence-electron chi connectivity index (χ3n) is 4.19. The Labute approximate surface area is 98.6 Å². The number of likely N-dealkylation sites (N-methyl/N-ethyl adjacent to an activating group) is 1. The Balaban J connectivity index is 2.75. The fourth-order valence-electron chi connectivity index (χ4n) is 2.78. The molecule has 3 nitrogen and oxygen atoms in total. The van der Waals surface area contributed by atoms with Crippen LogP contribution >= 0.6 is 0 Å². The van der Waals surface area contributed by atoms with E-state index >= 15 is 0 Å². The average molecular weight is 227 g/mol. The maximum Gasteiger partial charge on any atom is 0.323 e. The summed E-state index contributed by atoms with van der Waals surface area (Å²) in [7, 11) is 1.77. The van der Waals surface area contributed by atoms with Crippen LogP contribution in [0.4, 0.5) is 0 Å². The number of carboxylic acid groups (broad SMARTS) is 1. The third kappa shape index (κ3) is 2.76. The van der Waals surface area contributed by atoms with Gasteiger partial charge in [0.1, 0.15) is 5.54 Å². The van der Waals surface area contributed by atoms with Gasteiger partial charge >= 0.3 is 5.97 Å². The molecule has 2 N–H and O–H groups in total. The van der Waals surface area contributed by atoms with Crippen LogP contribution in [0.1, 0.15) is 52.9 Å². The maximum absolute atomic E-state index is 11.4. The van der Waals surface area contributed by atoms with Crippen LogP contribution in [-0.4, -0.2) is 23.7 Å². The van der Waals surface area contributed by atoms with Gasteiger partial charge in [-0.15, -0.1) is 0 Å². The van der Waals surface area contributed by atoms with Crippen molar-refractivity contribution in [1.29, 1.82) is 0 Å². The van der Waals surface area contributed by atoms with Gasteiger partial charge in [0.15, 0.2) is 0 Å². The molecule has 0 heterocycles. The van der Waals surface area contributed by atoms with E-state index in [-0.39, 0.29) is 0 Å². The summed E-state index contributed by atoms with van der Waals surface area (Å²) >= 11 is 0. The number of nitrogens with one attached hydrogen (secondary N) is 1. The summed E-state index contributed by atoms with van der Waals surface area (Å²) in [5.74, 6) is -0.0494. The first-order valence-electron chi connectivity index (χ1n) is 6.24. The molecule has 1 fully saturated rings. The number of hydrogen-bond donors (Lipinski definition) is 2. The Morgan fingerprint density at radius 2 is 1.94 bits per heavy atom. The minimum Gasteiger partial charge on any atom is -0.480 e. The second kappa shape index (κ2) is 4.74. The van der Waals surface area contributed by atoms with E-state index in [1.807, 2.05) is 0 Å². The van der Waals surface area contributed by atoms with Crippen molar-refractivity contribution in [3.63, 3.8) is 0 Å². The fraction of sp³-hybridized carbons (Fsp3) is 0.923. The lowest BCUT2D eigenvalue weighted by atomic mass is 9.76. The van der Waals surface area contributed by atoms with Gasteiger partial charge in [0.25, 0.3) is 0 Å². The first-order chi connectivity index (χ1) is 7.32. The number of carboxylic acids is 1. The highest BCUT2D eigenvalue weighted by molar-refractivity contribution is 5.78. The van der Waals surface area contributed by atoms with Crippen LogP contribution in [0.2, 0.25) is 0 Å². The van der Waals surface area contributed by atoms with E-state index in [0.29, 0.717) is 11.3 Å². The minimum absolute atomic E-state index is 0.294. The molecule has 0 spiro atoms. The van der Waals surface area contributed by atoms with Crippen LogP contribution in [-0.2, 0) is 4.79 Å². The van der Waals surface area contributed by atoms with Crippen LogP contribution in [0.15, 0.2) is 0 Å². The summed E-state index contributed by atoms with van der Waals surface area (Å²) in [6, 6.07) is 0. The fourth-order valence-corrected chi connectivity index (χ4v) is 2.78. The summed E-state index contributed by atoms with van der Waals surface area (Å²) in [5, 5.41) is 12.4. The lowest BCUT2D eigenvalue weighted by Gasteiger charge is -2.31. The summed E-state index contributed by atoms with van der Waals surface area (Å²) in [4.78, 5) is 11.4. The van der Waals surface area contributed by atoms with Gasteiger partial charge in [-0.2, -0.15) is 0 Å². The Morgan fingerprint density at radius 1 is 1.31 bits per heavy atom. The molecule has 0 saturated heterocycles. The summed E-state index contributed by atoms with van der Waals surface area (Å²) < 4.78 is 0. The molecule has 0 amide bonds. The first kappa shape index (κ1) is 13.5. The zero-order valence-corrected chi connectivity index (χ0v) is 11.0. The van der Waals surface area contributed by atoms with Crippen molar-refractivity contribution in [1.82, 2.24) is 5.32 Å². The zero-order valence-electron chi connectivity index (χ0n) is 11.0. The van der Waals surface area contributed by atoms with Crippen molar-refractivity contribution in [3.05, 3.63) is 0 Å². The normalized spacial score (nSPS) is 32.1. The van der Waals surface area contributed by atoms with Crippen LogP contribution in [0.3, 0.4) is 0 Å². The minimum atomic E-state index is -0.690. The summed E-state index contributed by atoms with van der Waals surface area (Å²) in [6.45, 7) is 6.76. The Bertz CT molecular complexity index is 257. The molecule has 2 unspecified atom stereocenters. The van der Waals surface area contributed by atoms with Gasteiger partial charge in [-0.3, -0.25) is 4.79 Å². The van der Waals surface area contributed by atoms with Gasteiger partial charge in [-0.05, 0) is 44.1 Å². The van der Waals surface area contributed by atoms with E-state index in [0.717, 1.165) is 32.1 Å². The molecule has 1 aliphatic carbocycles. The second-order valence-corrected chi connectivity index (χ2v) is 6.13. The molecule has 0 aliphatic heterocycles. The van der Waals surface area contributed by atoms with Crippen molar-refractivity contribution >= 4 is 5.97 Å². The van der Waals surface area contributed by atoms with E-state index in [9.17, 15) is 9.90 Å². The summed E-state index contributed by atoms with van der Waals surface area (Å²) in [5.41, 5.74) is -0.387. The maximum atomic E-state index is 11.4.